The van der Waals surface area contributed by atoms with Gasteiger partial charge in [-0.1, -0.05) is 312 Å². The molecule has 80 heavy (non-hydrogen) atoms. The van der Waals surface area contributed by atoms with Crippen molar-refractivity contribution < 1.29 is 42.1 Å². The van der Waals surface area contributed by atoms with Crippen LogP contribution in [0.3, 0.4) is 0 Å². The second kappa shape index (κ2) is 61.3. The first-order chi connectivity index (χ1) is 39.0. The van der Waals surface area contributed by atoms with E-state index in [1.807, 2.05) is 21.1 Å². The van der Waals surface area contributed by atoms with Gasteiger partial charge in [0.2, 0.25) is 0 Å². The van der Waals surface area contributed by atoms with Crippen molar-refractivity contribution >= 4 is 19.8 Å². The lowest BCUT2D eigenvalue weighted by atomic mass is 10.0. The lowest BCUT2D eigenvalue weighted by molar-refractivity contribution is -0.870. The zero-order valence-electron chi connectivity index (χ0n) is 53.3. The smallest absolute Gasteiger partial charge is 0.306 e. The van der Waals surface area contributed by atoms with Gasteiger partial charge in [0, 0.05) is 12.8 Å². The number of phosphoric acid groups is 1. The van der Waals surface area contributed by atoms with E-state index in [1.165, 1.54) is 205 Å². The van der Waals surface area contributed by atoms with Gasteiger partial charge in [-0.3, -0.25) is 14.2 Å². The number of unbranched alkanes of at least 4 members (excludes halogenated alkanes) is 39. The maximum absolute atomic E-state index is 12.8. The van der Waals surface area contributed by atoms with Crippen molar-refractivity contribution in [1.82, 2.24) is 0 Å². The fourth-order valence-electron chi connectivity index (χ4n) is 9.86. The maximum Gasteiger partial charge on any atom is 0.306 e. The Balaban J connectivity index is 3.98. The molecule has 0 aliphatic heterocycles. The lowest BCUT2D eigenvalue weighted by Gasteiger charge is -2.28. The number of hydrogen-bond donors (Lipinski definition) is 0. The van der Waals surface area contributed by atoms with Crippen LogP contribution in [-0.2, 0) is 32.7 Å². The van der Waals surface area contributed by atoms with Gasteiger partial charge < -0.3 is 27.9 Å². The number of allylic oxidation sites excluding steroid dienone is 10. The molecule has 10 heteroatoms. The van der Waals surface area contributed by atoms with Crippen LogP contribution in [0.4, 0.5) is 0 Å². The van der Waals surface area contributed by atoms with E-state index in [4.69, 9.17) is 18.5 Å². The molecule has 0 aromatic carbocycles. The van der Waals surface area contributed by atoms with E-state index in [9.17, 15) is 19.0 Å². The fraction of sp³-hybridized carbons (Fsp3) is 0.829. The molecular formula is C70H130NO8P. The van der Waals surface area contributed by atoms with E-state index in [0.29, 0.717) is 17.4 Å². The third-order valence-corrected chi connectivity index (χ3v) is 16.0. The van der Waals surface area contributed by atoms with Crippen LogP contribution in [0.15, 0.2) is 60.8 Å². The van der Waals surface area contributed by atoms with E-state index in [1.54, 1.807) is 0 Å². The Labute approximate surface area is 496 Å². The zero-order chi connectivity index (χ0) is 58.4. The Morgan fingerprint density at radius 1 is 0.400 bits per heavy atom. The van der Waals surface area contributed by atoms with Crippen molar-refractivity contribution in [1.29, 1.82) is 0 Å². The summed E-state index contributed by atoms with van der Waals surface area (Å²) in [7, 11) is 1.16. The highest BCUT2D eigenvalue weighted by molar-refractivity contribution is 7.45. The van der Waals surface area contributed by atoms with Crippen LogP contribution in [0.25, 0.3) is 0 Å². The van der Waals surface area contributed by atoms with Gasteiger partial charge in [0.1, 0.15) is 19.8 Å². The van der Waals surface area contributed by atoms with Gasteiger partial charge in [-0.05, 0) is 57.8 Å². The highest BCUT2D eigenvalue weighted by atomic mass is 31.2. The summed E-state index contributed by atoms with van der Waals surface area (Å²) in [5.74, 6) is -0.844. The number of ether oxygens (including phenoxy) is 2. The maximum atomic E-state index is 12.8. The quantitative estimate of drug-likeness (QED) is 0.0195. The van der Waals surface area contributed by atoms with Crippen LogP contribution in [-0.4, -0.2) is 70.0 Å². The Morgan fingerprint density at radius 2 is 0.713 bits per heavy atom. The summed E-state index contributed by atoms with van der Waals surface area (Å²) in [4.78, 5) is 38.0. The fourth-order valence-corrected chi connectivity index (χ4v) is 10.6. The van der Waals surface area contributed by atoms with Gasteiger partial charge in [0.05, 0.1) is 27.7 Å². The van der Waals surface area contributed by atoms with Gasteiger partial charge in [0.25, 0.3) is 7.82 Å². The molecule has 0 heterocycles. The van der Waals surface area contributed by atoms with Crippen LogP contribution in [0.1, 0.15) is 322 Å². The molecule has 0 spiro atoms. The summed E-state index contributed by atoms with van der Waals surface area (Å²) in [6.45, 7) is 4.15. The summed E-state index contributed by atoms with van der Waals surface area (Å²) in [6, 6.07) is 0. The molecule has 0 rings (SSSR count). The normalized spacial score (nSPS) is 13.5. The van der Waals surface area contributed by atoms with Gasteiger partial charge in [-0.15, -0.1) is 0 Å². The van der Waals surface area contributed by atoms with Gasteiger partial charge in [0.15, 0.2) is 6.10 Å². The molecule has 0 amide bonds. The average Bonchev–Trinajstić information content (AvgIpc) is 3.42. The zero-order valence-corrected chi connectivity index (χ0v) is 54.2. The SMILES string of the molecule is CC/C=C\C/C=C\C/C=C\C/C=C\C/C=C\CCCCCCCC(=O)OC(COC(=O)CCCCCCCCCCCCCCCCCCCCCCCCCCCCCCCCCCCCC)COP(=O)([O-])OCC[N+](C)(C)C. The molecule has 0 fully saturated rings. The number of hydrogen-bond acceptors (Lipinski definition) is 8. The van der Waals surface area contributed by atoms with Crippen LogP contribution in [0, 0.1) is 0 Å². The average molecular weight is 1140 g/mol. The molecule has 0 radical (unpaired) electrons. The van der Waals surface area contributed by atoms with Gasteiger partial charge in [-0.2, -0.15) is 0 Å². The molecule has 2 unspecified atom stereocenters. The van der Waals surface area contributed by atoms with E-state index >= 15 is 0 Å². The highest BCUT2D eigenvalue weighted by Crippen LogP contribution is 2.38. The largest absolute Gasteiger partial charge is 0.756 e. The molecule has 0 bridgehead atoms. The standard InChI is InChI=1S/C70H130NO8P/c1-6-8-10-12-14-16-18-20-22-24-26-28-29-30-31-32-33-34-35-36-37-38-39-40-41-43-44-46-48-50-52-54-56-58-60-62-69(72)76-66-68(67-78-80(74,75)77-65-64-71(3,4)5)79-70(73)63-61-59-57-55-53-51-49-47-45-42-27-25-23-21-19-17-15-13-11-9-7-2/h9,11,15,17,21,23,27,42,47,49,68H,6-8,10,12-14,16,18-20,22,24-26,28-41,43-46,48,50-67H2,1-5H3/b11-9-,17-15-,23-21-,42-27-,49-47-. The van der Waals surface area contributed by atoms with Crippen molar-refractivity contribution in [2.75, 3.05) is 47.5 Å². The van der Waals surface area contributed by atoms with E-state index in [2.05, 4.69) is 74.6 Å². The van der Waals surface area contributed by atoms with Crippen LogP contribution in [0.2, 0.25) is 0 Å². The second-order valence-electron chi connectivity index (χ2n) is 24.2. The molecule has 0 saturated carbocycles. The lowest BCUT2D eigenvalue weighted by Crippen LogP contribution is -2.37. The van der Waals surface area contributed by atoms with E-state index in [-0.39, 0.29) is 32.0 Å². The molecule has 468 valence electrons. The number of carbonyl (C=O) groups is 2. The molecule has 0 aliphatic rings. The molecule has 0 N–H and O–H groups in total. The van der Waals surface area contributed by atoms with Crippen molar-refractivity contribution in [2.45, 2.75) is 328 Å². The number of nitrogens with zero attached hydrogens (tertiary/aromatic N) is 1. The minimum atomic E-state index is -4.65. The Morgan fingerprint density at radius 3 is 1.06 bits per heavy atom. The monoisotopic (exact) mass is 1140 g/mol. The minimum Gasteiger partial charge on any atom is -0.756 e. The Bertz CT molecular complexity index is 1530. The Hall–Kier alpha value is -2.29. The summed E-state index contributed by atoms with van der Waals surface area (Å²) in [5, 5.41) is 0. The van der Waals surface area contributed by atoms with Crippen molar-refractivity contribution in [3.8, 4) is 0 Å². The third kappa shape index (κ3) is 64.9. The predicted molar refractivity (Wildman–Crippen MR) is 342 cm³/mol. The van der Waals surface area contributed by atoms with Crippen molar-refractivity contribution in [2.24, 2.45) is 0 Å². The molecule has 2 atom stereocenters. The van der Waals surface area contributed by atoms with Crippen molar-refractivity contribution in [3.05, 3.63) is 60.8 Å². The first-order valence-electron chi connectivity index (χ1n) is 34.0. The van der Waals surface area contributed by atoms with Crippen LogP contribution in [0.5, 0.6) is 0 Å². The number of carbonyl (C=O) groups excluding carboxylic acids is 2. The number of quaternary nitrogens is 1. The number of phosphoric ester groups is 1. The minimum absolute atomic E-state index is 0.0359. The van der Waals surface area contributed by atoms with E-state index in [0.717, 1.165) is 83.5 Å². The molecule has 0 aromatic rings. The molecular weight excluding hydrogens is 1010 g/mol. The van der Waals surface area contributed by atoms with Crippen molar-refractivity contribution in [3.63, 3.8) is 0 Å². The molecule has 9 nitrogen and oxygen atoms in total. The topological polar surface area (TPSA) is 111 Å². The number of esters is 2. The second-order valence-corrected chi connectivity index (χ2v) is 25.6. The predicted octanol–water partition coefficient (Wildman–Crippen LogP) is 21.2. The first-order valence-corrected chi connectivity index (χ1v) is 35.5. The highest BCUT2D eigenvalue weighted by Gasteiger charge is 2.22. The molecule has 0 aromatic heterocycles. The summed E-state index contributed by atoms with van der Waals surface area (Å²) in [5.41, 5.74) is 0. The summed E-state index contributed by atoms with van der Waals surface area (Å²) < 4.78 is 34.2. The first kappa shape index (κ1) is 77.7. The van der Waals surface area contributed by atoms with E-state index < -0.39 is 26.5 Å². The van der Waals surface area contributed by atoms with Gasteiger partial charge in [-0.25, -0.2) is 0 Å². The molecule has 0 saturated heterocycles. The number of likely N-dealkylation sites (N-methyl/N-ethyl adjacent to an activating group) is 1. The number of rotatable bonds is 63. The van der Waals surface area contributed by atoms with Gasteiger partial charge >= 0.3 is 11.9 Å². The third-order valence-electron chi connectivity index (χ3n) is 15.1. The summed E-state index contributed by atoms with van der Waals surface area (Å²) >= 11 is 0. The van der Waals surface area contributed by atoms with Crippen LogP contribution >= 0.6 is 7.82 Å². The molecule has 0 aliphatic carbocycles. The van der Waals surface area contributed by atoms with Crippen LogP contribution < -0.4 is 4.89 Å². The Kier molecular flexibility index (Phi) is 59.5. The summed E-state index contributed by atoms with van der Waals surface area (Å²) in [6.07, 6.45) is 80.3.